The van der Waals surface area contributed by atoms with E-state index in [0.717, 1.165) is 5.56 Å². The van der Waals surface area contributed by atoms with Crippen LogP contribution in [0.25, 0.3) is 0 Å². The van der Waals surface area contributed by atoms with Crippen LogP contribution in [-0.4, -0.2) is 22.5 Å². The maximum absolute atomic E-state index is 11.9. The Morgan fingerprint density at radius 1 is 1.40 bits per heavy atom. The fourth-order valence-electron chi connectivity index (χ4n) is 2.10. The van der Waals surface area contributed by atoms with E-state index in [1.54, 1.807) is 6.07 Å². The summed E-state index contributed by atoms with van der Waals surface area (Å²) in [6, 6.07) is 7.33. The van der Waals surface area contributed by atoms with E-state index in [4.69, 9.17) is 5.73 Å². The van der Waals surface area contributed by atoms with Crippen LogP contribution >= 0.6 is 0 Å². The van der Waals surface area contributed by atoms with Gasteiger partial charge in [0.05, 0.1) is 0 Å². The van der Waals surface area contributed by atoms with Gasteiger partial charge in [-0.15, -0.1) is 0 Å². The summed E-state index contributed by atoms with van der Waals surface area (Å²) in [7, 11) is 0. The quantitative estimate of drug-likeness (QED) is 0.665. The summed E-state index contributed by atoms with van der Waals surface area (Å²) in [5.41, 5.74) is 6.10. The van der Waals surface area contributed by atoms with Gasteiger partial charge < -0.3 is 16.2 Å². The monoisotopic (exact) mass is 278 g/mol. The SMILES string of the molecule is CCCC(C)(NC(=O)CCc1cccc(N)c1)C(=O)O. The first-order valence-electron chi connectivity index (χ1n) is 6.76. The predicted molar refractivity (Wildman–Crippen MR) is 78.3 cm³/mol. The Morgan fingerprint density at radius 2 is 2.10 bits per heavy atom. The number of carboxylic acids is 1. The zero-order valence-electron chi connectivity index (χ0n) is 12.0. The first kappa shape index (κ1) is 16.0. The highest BCUT2D eigenvalue weighted by Crippen LogP contribution is 2.14. The summed E-state index contributed by atoms with van der Waals surface area (Å²) in [4.78, 5) is 23.1. The lowest BCUT2D eigenvalue weighted by Crippen LogP contribution is -2.52. The lowest BCUT2D eigenvalue weighted by Gasteiger charge is -2.25. The highest BCUT2D eigenvalue weighted by molar-refractivity contribution is 5.86. The molecule has 0 saturated heterocycles. The third kappa shape index (κ3) is 4.57. The van der Waals surface area contributed by atoms with Crippen LogP contribution in [0.15, 0.2) is 24.3 Å². The average Bonchev–Trinajstić information content (AvgIpc) is 2.36. The topological polar surface area (TPSA) is 92.4 Å². The van der Waals surface area contributed by atoms with E-state index in [9.17, 15) is 14.7 Å². The number of nitrogen functional groups attached to an aromatic ring is 1. The summed E-state index contributed by atoms with van der Waals surface area (Å²) in [5, 5.41) is 11.8. The minimum Gasteiger partial charge on any atom is -0.480 e. The Bertz CT molecular complexity index is 488. The molecule has 110 valence electrons. The maximum atomic E-state index is 11.9. The van der Waals surface area contributed by atoms with E-state index in [2.05, 4.69) is 5.32 Å². The Balaban J connectivity index is 2.56. The van der Waals surface area contributed by atoms with Crippen molar-refractivity contribution >= 4 is 17.6 Å². The molecular formula is C15H22N2O3. The standard InChI is InChI=1S/C15H22N2O3/c1-3-9-15(2,14(19)20)17-13(18)8-7-11-5-4-6-12(16)10-11/h4-6,10H,3,7-9,16H2,1-2H3,(H,17,18)(H,19,20). The summed E-state index contributed by atoms with van der Waals surface area (Å²) >= 11 is 0. The van der Waals surface area contributed by atoms with Gasteiger partial charge in [-0.25, -0.2) is 4.79 Å². The third-order valence-corrected chi connectivity index (χ3v) is 3.23. The van der Waals surface area contributed by atoms with Gasteiger partial charge in [-0.1, -0.05) is 25.5 Å². The van der Waals surface area contributed by atoms with Crippen LogP contribution in [0.3, 0.4) is 0 Å². The number of hydrogen-bond acceptors (Lipinski definition) is 3. The molecule has 0 heterocycles. The molecule has 0 aliphatic rings. The van der Waals surface area contributed by atoms with Crippen LogP contribution in [0.1, 0.15) is 38.7 Å². The van der Waals surface area contributed by atoms with E-state index in [1.807, 2.05) is 25.1 Å². The van der Waals surface area contributed by atoms with Crippen molar-refractivity contribution in [3.05, 3.63) is 29.8 Å². The number of amides is 1. The number of carboxylic acid groups (broad SMARTS) is 1. The lowest BCUT2D eigenvalue weighted by atomic mass is 9.96. The van der Waals surface area contributed by atoms with Gasteiger partial charge in [-0.05, 0) is 37.5 Å². The van der Waals surface area contributed by atoms with Crippen molar-refractivity contribution < 1.29 is 14.7 Å². The summed E-state index contributed by atoms with van der Waals surface area (Å²) in [6.07, 6.45) is 1.89. The van der Waals surface area contributed by atoms with Crippen LogP contribution in [0.5, 0.6) is 0 Å². The number of carbonyl (C=O) groups is 2. The number of carbonyl (C=O) groups excluding carboxylic acids is 1. The number of aliphatic carboxylic acids is 1. The Morgan fingerprint density at radius 3 is 2.65 bits per heavy atom. The molecule has 4 N–H and O–H groups in total. The molecule has 1 aromatic rings. The molecule has 0 bridgehead atoms. The van der Waals surface area contributed by atoms with E-state index in [-0.39, 0.29) is 12.3 Å². The number of anilines is 1. The molecule has 5 heteroatoms. The molecule has 20 heavy (non-hydrogen) atoms. The van der Waals surface area contributed by atoms with E-state index in [0.29, 0.717) is 24.9 Å². The van der Waals surface area contributed by atoms with Crippen molar-refractivity contribution in [3.63, 3.8) is 0 Å². The molecule has 1 amide bonds. The number of nitrogens with two attached hydrogens (primary N) is 1. The van der Waals surface area contributed by atoms with Gasteiger partial charge in [0.2, 0.25) is 5.91 Å². The number of benzene rings is 1. The first-order valence-corrected chi connectivity index (χ1v) is 6.76. The molecule has 0 aliphatic heterocycles. The summed E-state index contributed by atoms with van der Waals surface area (Å²) in [5.74, 6) is -1.26. The van der Waals surface area contributed by atoms with Crippen LogP contribution < -0.4 is 11.1 Å². The van der Waals surface area contributed by atoms with Crippen LogP contribution in [0.2, 0.25) is 0 Å². The number of rotatable bonds is 7. The molecule has 1 atom stereocenters. The molecule has 0 fully saturated rings. The van der Waals surface area contributed by atoms with Gasteiger partial charge in [-0.2, -0.15) is 0 Å². The van der Waals surface area contributed by atoms with Crippen molar-refractivity contribution in [2.24, 2.45) is 0 Å². The van der Waals surface area contributed by atoms with Crippen molar-refractivity contribution in [3.8, 4) is 0 Å². The molecule has 0 aromatic heterocycles. The largest absolute Gasteiger partial charge is 0.480 e. The second kappa shape index (κ2) is 6.93. The van der Waals surface area contributed by atoms with Gasteiger partial charge in [0.25, 0.3) is 0 Å². The van der Waals surface area contributed by atoms with Crippen LogP contribution in [0, 0.1) is 0 Å². The van der Waals surface area contributed by atoms with Crippen molar-refractivity contribution in [1.29, 1.82) is 0 Å². The molecule has 0 radical (unpaired) electrons. The molecule has 1 aromatic carbocycles. The van der Waals surface area contributed by atoms with Crippen LogP contribution in [-0.2, 0) is 16.0 Å². The van der Waals surface area contributed by atoms with Gasteiger partial charge in [0, 0.05) is 12.1 Å². The Labute approximate surface area is 119 Å². The zero-order valence-corrected chi connectivity index (χ0v) is 12.0. The molecule has 0 saturated carbocycles. The van der Waals surface area contributed by atoms with Crippen molar-refractivity contribution in [2.75, 3.05) is 5.73 Å². The fraction of sp³-hybridized carbons (Fsp3) is 0.467. The predicted octanol–water partition coefficient (Wildman–Crippen LogP) is 1.96. The molecule has 5 nitrogen and oxygen atoms in total. The van der Waals surface area contributed by atoms with E-state index >= 15 is 0 Å². The molecule has 0 aliphatic carbocycles. The minimum absolute atomic E-state index is 0.246. The molecule has 1 unspecified atom stereocenters. The number of aryl methyl sites for hydroxylation is 1. The number of nitrogens with one attached hydrogen (secondary N) is 1. The van der Waals surface area contributed by atoms with Gasteiger partial charge in [0.15, 0.2) is 0 Å². The second-order valence-corrected chi connectivity index (χ2v) is 5.18. The van der Waals surface area contributed by atoms with E-state index < -0.39 is 11.5 Å². The Hall–Kier alpha value is -2.04. The van der Waals surface area contributed by atoms with E-state index in [1.165, 1.54) is 6.92 Å². The molecular weight excluding hydrogens is 256 g/mol. The minimum atomic E-state index is -1.19. The van der Waals surface area contributed by atoms with Gasteiger partial charge in [-0.3, -0.25) is 4.79 Å². The lowest BCUT2D eigenvalue weighted by molar-refractivity contribution is -0.147. The normalized spacial score (nSPS) is 13.5. The summed E-state index contributed by atoms with van der Waals surface area (Å²) < 4.78 is 0. The smallest absolute Gasteiger partial charge is 0.329 e. The number of hydrogen-bond donors (Lipinski definition) is 3. The second-order valence-electron chi connectivity index (χ2n) is 5.18. The third-order valence-electron chi connectivity index (χ3n) is 3.23. The summed E-state index contributed by atoms with van der Waals surface area (Å²) in [6.45, 7) is 3.43. The van der Waals surface area contributed by atoms with Gasteiger partial charge >= 0.3 is 5.97 Å². The first-order chi connectivity index (χ1) is 9.37. The maximum Gasteiger partial charge on any atom is 0.329 e. The van der Waals surface area contributed by atoms with Crippen molar-refractivity contribution in [1.82, 2.24) is 5.32 Å². The Kier molecular flexibility index (Phi) is 5.55. The highest BCUT2D eigenvalue weighted by Gasteiger charge is 2.33. The molecule has 1 rings (SSSR count). The zero-order chi connectivity index (χ0) is 15.2. The molecule has 0 spiro atoms. The highest BCUT2D eigenvalue weighted by atomic mass is 16.4. The average molecular weight is 278 g/mol. The van der Waals surface area contributed by atoms with Gasteiger partial charge in [0.1, 0.15) is 5.54 Å². The van der Waals surface area contributed by atoms with Crippen molar-refractivity contribution in [2.45, 2.75) is 45.1 Å². The fourth-order valence-corrected chi connectivity index (χ4v) is 2.10. The van der Waals surface area contributed by atoms with Crippen LogP contribution in [0.4, 0.5) is 5.69 Å².